The van der Waals surface area contributed by atoms with Crippen molar-refractivity contribution in [2.45, 2.75) is 13.1 Å². The molecule has 12 heteroatoms. The summed E-state index contributed by atoms with van der Waals surface area (Å²) in [7, 11) is 0. The Hall–Kier alpha value is -2.24. The summed E-state index contributed by atoms with van der Waals surface area (Å²) in [5.41, 5.74) is 0. The Labute approximate surface area is 150 Å². The largest absolute Gasteiger partial charge is 0.481 e. The van der Waals surface area contributed by atoms with Crippen LogP contribution in [-0.4, -0.2) is 63.7 Å². The third kappa shape index (κ3) is 5.13. The molecule has 1 aliphatic rings. The summed E-state index contributed by atoms with van der Waals surface area (Å²) in [6, 6.07) is 1.50. The number of carbonyl (C=O) groups excluding carboxylic acids is 2. The fourth-order valence-electron chi connectivity index (χ4n) is 2.52. The van der Waals surface area contributed by atoms with Gasteiger partial charge in [0.25, 0.3) is 0 Å². The van der Waals surface area contributed by atoms with Gasteiger partial charge in [0.2, 0.25) is 11.8 Å². The molecule has 2 atom stereocenters. The number of hydrogen-bond acceptors (Lipinski definition) is 6. The van der Waals surface area contributed by atoms with Crippen LogP contribution in [0, 0.1) is 18.8 Å². The number of aryl methyl sites for hydroxylation is 1. The molecule has 26 heavy (non-hydrogen) atoms. The zero-order valence-corrected chi connectivity index (χ0v) is 14.4. The first kappa shape index (κ1) is 20.1. The maximum Gasteiger partial charge on any atom is 0.394 e. The molecule has 0 aliphatic carbocycles. The minimum atomic E-state index is -4.69. The number of hydrogen-bond donors (Lipinski definition) is 2. The topological polar surface area (TPSA) is 113 Å². The zero-order valence-electron chi connectivity index (χ0n) is 13.6. The number of thioether (sulfide) groups is 1. The summed E-state index contributed by atoms with van der Waals surface area (Å²) < 4.78 is 43.5. The van der Waals surface area contributed by atoms with Gasteiger partial charge in [-0.25, -0.2) is 0 Å². The maximum absolute atomic E-state index is 12.9. The van der Waals surface area contributed by atoms with E-state index in [2.05, 4.69) is 10.5 Å². The first-order valence-electron chi connectivity index (χ1n) is 7.46. The van der Waals surface area contributed by atoms with Gasteiger partial charge in [0.15, 0.2) is 5.82 Å². The lowest BCUT2D eigenvalue weighted by atomic mass is 9.96. The van der Waals surface area contributed by atoms with Gasteiger partial charge in [-0.05, 0) is 6.92 Å². The highest BCUT2D eigenvalue weighted by Crippen LogP contribution is 2.37. The maximum atomic E-state index is 12.9. The molecule has 2 amide bonds. The lowest BCUT2D eigenvalue weighted by Gasteiger charge is -2.18. The summed E-state index contributed by atoms with van der Waals surface area (Å²) in [6.45, 7) is 0.457. The molecule has 0 unspecified atom stereocenters. The summed E-state index contributed by atoms with van der Waals surface area (Å²) >= 11 is 0.910. The van der Waals surface area contributed by atoms with Crippen LogP contribution in [0.3, 0.4) is 0 Å². The predicted molar refractivity (Wildman–Crippen MR) is 84.4 cm³/mol. The van der Waals surface area contributed by atoms with Crippen molar-refractivity contribution in [3.8, 4) is 0 Å². The Kier molecular flexibility index (Phi) is 6.16. The number of carboxylic acid groups (broad SMARTS) is 1. The van der Waals surface area contributed by atoms with Gasteiger partial charge < -0.3 is 19.8 Å². The number of aromatic nitrogens is 1. The lowest BCUT2D eigenvalue weighted by Crippen LogP contribution is -2.34. The second-order valence-electron chi connectivity index (χ2n) is 5.76. The molecule has 0 spiro atoms. The van der Waals surface area contributed by atoms with Gasteiger partial charge in [-0.15, -0.1) is 11.8 Å². The number of nitrogens with one attached hydrogen (secondary N) is 1. The average Bonchev–Trinajstić information content (AvgIpc) is 3.13. The molecule has 1 aliphatic heterocycles. The molecular formula is C14H16F3N3O5S. The summed E-state index contributed by atoms with van der Waals surface area (Å²) in [5.74, 6) is -6.07. The number of alkyl halides is 3. The summed E-state index contributed by atoms with van der Waals surface area (Å²) in [6.07, 6.45) is -4.69. The highest BCUT2D eigenvalue weighted by Gasteiger charge is 2.53. The standard InChI is InChI=1S/C14H16F3N3O5S/c1-7-2-10(19-25-7)18-11(21)5-26-6-12(22)20-3-8(13(23)24)9(4-20)14(15,16)17/h2,8-9H,3-6H2,1H3,(H,23,24)(H,18,19,21)/t8-,9-/m1/s1. The molecule has 1 saturated heterocycles. The van der Waals surface area contributed by atoms with Crippen LogP contribution in [0.5, 0.6) is 0 Å². The number of amides is 2. The second kappa shape index (κ2) is 7.98. The van der Waals surface area contributed by atoms with E-state index in [0.29, 0.717) is 5.76 Å². The van der Waals surface area contributed by atoms with Crippen LogP contribution in [-0.2, 0) is 14.4 Å². The van der Waals surface area contributed by atoms with Crippen LogP contribution in [0.2, 0.25) is 0 Å². The highest BCUT2D eigenvalue weighted by molar-refractivity contribution is 8.00. The molecule has 8 nitrogen and oxygen atoms in total. The van der Waals surface area contributed by atoms with Crippen LogP contribution in [0.15, 0.2) is 10.6 Å². The van der Waals surface area contributed by atoms with E-state index in [1.807, 2.05) is 0 Å². The van der Waals surface area contributed by atoms with E-state index in [0.717, 1.165) is 16.7 Å². The number of likely N-dealkylation sites (tertiary alicyclic amines) is 1. The van der Waals surface area contributed by atoms with E-state index >= 15 is 0 Å². The number of nitrogens with zero attached hydrogens (tertiary/aromatic N) is 2. The number of halogens is 3. The van der Waals surface area contributed by atoms with Crippen LogP contribution in [0.25, 0.3) is 0 Å². The predicted octanol–water partition coefficient (Wildman–Crippen LogP) is 1.38. The minimum absolute atomic E-state index is 0.115. The van der Waals surface area contributed by atoms with E-state index in [9.17, 15) is 27.6 Å². The number of rotatable bonds is 6. The number of anilines is 1. The smallest absolute Gasteiger partial charge is 0.394 e. The summed E-state index contributed by atoms with van der Waals surface area (Å²) in [4.78, 5) is 35.6. The Morgan fingerprint density at radius 3 is 2.58 bits per heavy atom. The highest BCUT2D eigenvalue weighted by atomic mass is 32.2. The fourth-order valence-corrected chi connectivity index (χ4v) is 3.23. The molecule has 144 valence electrons. The van der Waals surface area contributed by atoms with Crippen molar-refractivity contribution in [1.82, 2.24) is 10.1 Å². The van der Waals surface area contributed by atoms with E-state index in [1.165, 1.54) is 6.07 Å². The quantitative estimate of drug-likeness (QED) is 0.748. The monoisotopic (exact) mass is 395 g/mol. The second-order valence-corrected chi connectivity index (χ2v) is 6.74. The van der Waals surface area contributed by atoms with Crippen LogP contribution < -0.4 is 5.32 Å². The van der Waals surface area contributed by atoms with Crippen LogP contribution >= 0.6 is 11.8 Å². The van der Waals surface area contributed by atoms with Gasteiger partial charge in [-0.3, -0.25) is 14.4 Å². The number of carboxylic acids is 1. The molecule has 0 radical (unpaired) electrons. The Morgan fingerprint density at radius 1 is 1.38 bits per heavy atom. The zero-order chi connectivity index (χ0) is 19.5. The molecule has 0 aromatic carbocycles. The van der Waals surface area contributed by atoms with Gasteiger partial charge in [0.1, 0.15) is 5.76 Å². The molecule has 2 rings (SSSR count). The van der Waals surface area contributed by atoms with Gasteiger partial charge >= 0.3 is 12.1 Å². The van der Waals surface area contributed by atoms with Gasteiger partial charge in [-0.2, -0.15) is 13.2 Å². The van der Waals surface area contributed by atoms with E-state index in [1.54, 1.807) is 6.92 Å². The molecule has 2 N–H and O–H groups in total. The third-order valence-corrected chi connectivity index (χ3v) is 4.68. The Bertz CT molecular complexity index is 694. The van der Waals surface area contributed by atoms with Gasteiger partial charge in [0.05, 0.1) is 23.3 Å². The van der Waals surface area contributed by atoms with Crippen LogP contribution in [0.1, 0.15) is 5.76 Å². The molecular weight excluding hydrogens is 379 g/mol. The van der Waals surface area contributed by atoms with Gasteiger partial charge in [-0.1, -0.05) is 5.16 Å². The van der Waals surface area contributed by atoms with Crippen molar-refractivity contribution >= 4 is 35.4 Å². The lowest BCUT2D eigenvalue weighted by molar-refractivity contribution is -0.188. The molecule has 2 heterocycles. The first-order valence-corrected chi connectivity index (χ1v) is 8.61. The number of carbonyl (C=O) groups is 3. The van der Waals surface area contributed by atoms with E-state index in [-0.39, 0.29) is 17.3 Å². The molecule has 0 saturated carbocycles. The molecule has 0 bridgehead atoms. The Morgan fingerprint density at radius 2 is 2.08 bits per heavy atom. The van der Waals surface area contributed by atoms with E-state index in [4.69, 9.17) is 9.63 Å². The van der Waals surface area contributed by atoms with Crippen molar-refractivity contribution < 1.29 is 37.2 Å². The SMILES string of the molecule is Cc1cc(NC(=O)CSCC(=O)N2C[C@@H](C(F)(F)F)[C@H](C(=O)O)C2)no1. The van der Waals surface area contributed by atoms with Crippen molar-refractivity contribution in [2.75, 3.05) is 29.9 Å². The summed E-state index contributed by atoms with van der Waals surface area (Å²) in [5, 5.41) is 14.9. The average molecular weight is 395 g/mol. The Balaban J connectivity index is 1.80. The first-order chi connectivity index (χ1) is 12.1. The van der Waals surface area contributed by atoms with E-state index < -0.39 is 48.9 Å². The normalized spacial score (nSPS) is 20.2. The van der Waals surface area contributed by atoms with Crippen molar-refractivity contribution in [1.29, 1.82) is 0 Å². The fraction of sp³-hybridized carbons (Fsp3) is 0.571. The van der Waals surface area contributed by atoms with Crippen LogP contribution in [0.4, 0.5) is 19.0 Å². The van der Waals surface area contributed by atoms with Crippen molar-refractivity contribution in [2.24, 2.45) is 11.8 Å². The van der Waals surface area contributed by atoms with Gasteiger partial charge in [0, 0.05) is 19.2 Å². The third-order valence-electron chi connectivity index (χ3n) is 3.76. The molecule has 1 fully saturated rings. The molecule has 1 aromatic heterocycles. The van der Waals surface area contributed by atoms with Crippen molar-refractivity contribution in [3.05, 3.63) is 11.8 Å². The molecule has 1 aromatic rings. The minimum Gasteiger partial charge on any atom is -0.481 e. The van der Waals surface area contributed by atoms with Crippen molar-refractivity contribution in [3.63, 3.8) is 0 Å². The number of aliphatic carboxylic acids is 1.